The average Bonchev–Trinajstić information content (AvgIpc) is 3.16. The van der Waals surface area contributed by atoms with Crippen LogP contribution in [0, 0.1) is 0 Å². The predicted molar refractivity (Wildman–Crippen MR) is 92.0 cm³/mol. The van der Waals surface area contributed by atoms with Crippen LogP contribution in [0.5, 0.6) is 0 Å². The predicted octanol–water partition coefficient (Wildman–Crippen LogP) is 4.21. The summed E-state index contributed by atoms with van der Waals surface area (Å²) in [6.07, 6.45) is 3.40. The molecule has 114 valence electrons. The summed E-state index contributed by atoms with van der Waals surface area (Å²) in [7, 11) is 1.70. The fourth-order valence-electron chi connectivity index (χ4n) is 2.05. The Hall–Kier alpha value is -1.47. The van der Waals surface area contributed by atoms with Crippen molar-refractivity contribution < 1.29 is 4.74 Å². The van der Waals surface area contributed by atoms with E-state index < -0.39 is 0 Å². The molecule has 0 fully saturated rings. The third kappa shape index (κ3) is 3.30. The molecule has 3 heterocycles. The zero-order chi connectivity index (χ0) is 15.4. The molecule has 0 saturated carbocycles. The molecule has 0 bridgehead atoms. The molecule has 0 atom stereocenters. The highest BCUT2D eigenvalue weighted by atomic mass is 35.5. The molecule has 22 heavy (non-hydrogen) atoms. The molecule has 0 saturated heterocycles. The van der Waals surface area contributed by atoms with Crippen molar-refractivity contribution in [3.8, 4) is 11.3 Å². The topological polar surface area (TPSA) is 39.4 Å². The SMILES string of the molecule is COCCn1c(-c2ccncc2Cl)csc1=Nc1ccsc1. The average molecular weight is 352 g/mol. The van der Waals surface area contributed by atoms with Gasteiger partial charge in [-0.1, -0.05) is 11.6 Å². The highest BCUT2D eigenvalue weighted by Gasteiger charge is 2.11. The summed E-state index contributed by atoms with van der Waals surface area (Å²) in [5.74, 6) is 0. The van der Waals surface area contributed by atoms with Gasteiger partial charge in [0.2, 0.25) is 0 Å². The van der Waals surface area contributed by atoms with E-state index in [4.69, 9.17) is 21.3 Å². The summed E-state index contributed by atoms with van der Waals surface area (Å²) in [6, 6.07) is 3.92. The molecule has 3 rings (SSSR count). The smallest absolute Gasteiger partial charge is 0.190 e. The van der Waals surface area contributed by atoms with Crippen molar-refractivity contribution >= 4 is 40.0 Å². The molecule has 3 aromatic heterocycles. The van der Waals surface area contributed by atoms with Gasteiger partial charge in [0, 0.05) is 42.4 Å². The minimum atomic E-state index is 0.614. The van der Waals surface area contributed by atoms with Crippen molar-refractivity contribution in [2.75, 3.05) is 13.7 Å². The Morgan fingerprint density at radius 2 is 2.27 bits per heavy atom. The Morgan fingerprint density at radius 1 is 1.36 bits per heavy atom. The number of ether oxygens (including phenoxy) is 1. The van der Waals surface area contributed by atoms with Crippen LogP contribution in [0.25, 0.3) is 11.3 Å². The van der Waals surface area contributed by atoms with Crippen LogP contribution < -0.4 is 4.80 Å². The Bertz CT molecular complexity index is 808. The third-order valence-corrected chi connectivity index (χ3v) is 4.93. The number of thiophene rings is 1. The van der Waals surface area contributed by atoms with Crippen LogP contribution in [0.4, 0.5) is 5.69 Å². The van der Waals surface area contributed by atoms with Gasteiger partial charge in [0.1, 0.15) is 0 Å². The van der Waals surface area contributed by atoms with Crippen molar-refractivity contribution in [2.45, 2.75) is 6.54 Å². The summed E-state index contributed by atoms with van der Waals surface area (Å²) in [4.78, 5) is 9.68. The van der Waals surface area contributed by atoms with E-state index >= 15 is 0 Å². The zero-order valence-corrected chi connectivity index (χ0v) is 14.3. The largest absolute Gasteiger partial charge is 0.383 e. The molecule has 0 aromatic carbocycles. The number of rotatable bonds is 5. The lowest BCUT2D eigenvalue weighted by molar-refractivity contribution is 0.187. The highest BCUT2D eigenvalue weighted by Crippen LogP contribution is 2.27. The van der Waals surface area contributed by atoms with E-state index in [0.717, 1.165) is 28.3 Å². The first-order valence-corrected chi connectivity index (χ1v) is 8.83. The summed E-state index contributed by atoms with van der Waals surface area (Å²) >= 11 is 9.52. The van der Waals surface area contributed by atoms with Gasteiger partial charge in [-0.15, -0.1) is 11.3 Å². The maximum Gasteiger partial charge on any atom is 0.190 e. The number of nitrogens with zero attached hydrogens (tertiary/aromatic N) is 3. The minimum Gasteiger partial charge on any atom is -0.383 e. The van der Waals surface area contributed by atoms with E-state index in [-0.39, 0.29) is 0 Å². The molecule has 0 spiro atoms. The summed E-state index contributed by atoms with van der Waals surface area (Å²) in [6.45, 7) is 1.33. The number of pyridine rings is 1. The first-order valence-electron chi connectivity index (χ1n) is 6.63. The van der Waals surface area contributed by atoms with E-state index in [1.54, 1.807) is 42.2 Å². The number of aromatic nitrogens is 2. The second-order valence-corrected chi connectivity index (χ2v) is 6.52. The lowest BCUT2D eigenvalue weighted by Crippen LogP contribution is -2.18. The molecule has 0 aliphatic rings. The second kappa shape index (κ2) is 7.19. The van der Waals surface area contributed by atoms with Crippen molar-refractivity contribution in [2.24, 2.45) is 4.99 Å². The van der Waals surface area contributed by atoms with Gasteiger partial charge in [0.05, 0.1) is 23.0 Å². The first-order chi connectivity index (χ1) is 10.8. The molecule has 0 aliphatic carbocycles. The van der Waals surface area contributed by atoms with Crippen LogP contribution >= 0.6 is 34.3 Å². The van der Waals surface area contributed by atoms with Crippen LogP contribution in [-0.2, 0) is 11.3 Å². The highest BCUT2D eigenvalue weighted by molar-refractivity contribution is 7.08. The van der Waals surface area contributed by atoms with E-state index in [0.29, 0.717) is 11.6 Å². The van der Waals surface area contributed by atoms with Gasteiger partial charge in [0.15, 0.2) is 4.80 Å². The van der Waals surface area contributed by atoms with Crippen molar-refractivity contribution in [3.05, 3.63) is 50.5 Å². The maximum absolute atomic E-state index is 6.29. The van der Waals surface area contributed by atoms with Crippen molar-refractivity contribution in [3.63, 3.8) is 0 Å². The van der Waals surface area contributed by atoms with Crippen LogP contribution in [-0.4, -0.2) is 23.3 Å². The molecule has 0 unspecified atom stereocenters. The minimum absolute atomic E-state index is 0.614. The number of thiazole rings is 1. The quantitative estimate of drug-likeness (QED) is 0.690. The van der Waals surface area contributed by atoms with E-state index in [1.807, 2.05) is 22.9 Å². The van der Waals surface area contributed by atoms with Crippen molar-refractivity contribution in [1.82, 2.24) is 9.55 Å². The van der Waals surface area contributed by atoms with Gasteiger partial charge in [0.25, 0.3) is 0 Å². The van der Waals surface area contributed by atoms with Gasteiger partial charge >= 0.3 is 0 Å². The van der Waals surface area contributed by atoms with Gasteiger partial charge in [-0.05, 0) is 17.5 Å². The van der Waals surface area contributed by atoms with Crippen molar-refractivity contribution in [1.29, 1.82) is 0 Å². The molecular formula is C15H14ClN3OS2. The van der Waals surface area contributed by atoms with Gasteiger partial charge in [-0.3, -0.25) is 4.98 Å². The Kier molecular flexibility index (Phi) is 5.04. The second-order valence-electron chi connectivity index (χ2n) is 4.50. The van der Waals surface area contributed by atoms with Gasteiger partial charge < -0.3 is 9.30 Å². The fourth-order valence-corrected chi connectivity index (χ4v) is 3.78. The van der Waals surface area contributed by atoms with Crippen LogP contribution in [0.2, 0.25) is 5.02 Å². The molecule has 0 radical (unpaired) electrons. The standard InChI is InChI=1S/C15H14ClN3OS2/c1-20-6-5-19-14(12-2-4-17-8-13(12)16)10-22-15(19)18-11-3-7-21-9-11/h2-4,7-10H,5-6H2,1H3. The molecule has 0 N–H and O–H groups in total. The fraction of sp³-hybridized carbons (Fsp3) is 0.200. The first kappa shape index (κ1) is 15.4. The lowest BCUT2D eigenvalue weighted by atomic mass is 10.2. The number of halogens is 1. The third-order valence-electron chi connectivity index (χ3n) is 3.10. The lowest BCUT2D eigenvalue weighted by Gasteiger charge is -2.09. The molecular weight excluding hydrogens is 338 g/mol. The Labute approximate surface area is 141 Å². The van der Waals surface area contributed by atoms with E-state index in [9.17, 15) is 0 Å². The zero-order valence-electron chi connectivity index (χ0n) is 11.9. The molecule has 0 aliphatic heterocycles. The van der Waals surface area contributed by atoms with Gasteiger partial charge in [-0.25, -0.2) is 4.99 Å². The maximum atomic E-state index is 6.29. The van der Waals surface area contributed by atoms with Crippen LogP contribution in [0.15, 0.2) is 45.7 Å². The number of methoxy groups -OCH3 is 1. The monoisotopic (exact) mass is 351 g/mol. The van der Waals surface area contributed by atoms with Crippen LogP contribution in [0.1, 0.15) is 0 Å². The molecule has 7 heteroatoms. The summed E-state index contributed by atoms with van der Waals surface area (Å²) < 4.78 is 7.36. The molecule has 3 aromatic rings. The normalized spacial score (nSPS) is 12.0. The Balaban J connectivity index is 2.11. The summed E-state index contributed by atoms with van der Waals surface area (Å²) in [5.41, 5.74) is 2.95. The number of hydrogen-bond donors (Lipinski definition) is 0. The van der Waals surface area contributed by atoms with E-state index in [2.05, 4.69) is 14.9 Å². The Morgan fingerprint density at radius 3 is 3.00 bits per heavy atom. The van der Waals surface area contributed by atoms with Gasteiger partial charge in [-0.2, -0.15) is 11.3 Å². The van der Waals surface area contributed by atoms with Crippen LogP contribution in [0.3, 0.4) is 0 Å². The number of hydrogen-bond acceptors (Lipinski definition) is 5. The molecule has 0 amide bonds. The molecule has 4 nitrogen and oxygen atoms in total. The summed E-state index contributed by atoms with van der Waals surface area (Å²) in [5, 5.41) is 6.75. The van der Waals surface area contributed by atoms with E-state index in [1.165, 1.54) is 0 Å².